The van der Waals surface area contributed by atoms with Gasteiger partial charge in [-0.1, -0.05) is 47.1 Å². The summed E-state index contributed by atoms with van der Waals surface area (Å²) in [6.07, 6.45) is 13.3. The summed E-state index contributed by atoms with van der Waals surface area (Å²) in [7, 11) is 0. The van der Waals surface area contributed by atoms with E-state index in [-0.39, 0.29) is 5.97 Å². The molecule has 28 heavy (non-hydrogen) atoms. The molecule has 0 bridgehead atoms. The number of hydrogen-bond donors (Lipinski definition) is 0. The van der Waals surface area contributed by atoms with Crippen LogP contribution in [0.15, 0.2) is 12.3 Å². The predicted octanol–water partition coefficient (Wildman–Crippen LogP) is 7.05. The first-order valence-electron chi connectivity index (χ1n) is 11.7. The molecule has 0 spiro atoms. The van der Waals surface area contributed by atoms with E-state index >= 15 is 0 Å². The van der Waals surface area contributed by atoms with Crippen LogP contribution in [0.3, 0.4) is 0 Å². The standard InChI is InChI=1S/C25H44O3/c1-20-8-12-24(4,18-20)14-10-22(3)27-16-6-7-17-28-23(26)11-15-25(5)13-9-21(2)19-25/h20-21H,3,6-19H2,1-2,4-5H3. The van der Waals surface area contributed by atoms with Crippen LogP contribution in [0.1, 0.15) is 105 Å². The quantitative estimate of drug-likeness (QED) is 0.203. The van der Waals surface area contributed by atoms with Crippen molar-refractivity contribution in [2.24, 2.45) is 22.7 Å². The summed E-state index contributed by atoms with van der Waals surface area (Å²) in [5.74, 6) is 2.55. The SMILES string of the molecule is C=C(CCC1(C)CCC(C)C1)OCCCCOC(=O)CCC1(C)CCC(C)C1. The molecule has 0 aromatic carbocycles. The molecule has 2 fully saturated rings. The molecule has 0 heterocycles. The van der Waals surface area contributed by atoms with Crippen molar-refractivity contribution in [1.82, 2.24) is 0 Å². The van der Waals surface area contributed by atoms with Crippen molar-refractivity contribution >= 4 is 5.97 Å². The number of hydrogen-bond acceptors (Lipinski definition) is 3. The maximum Gasteiger partial charge on any atom is 0.305 e. The first-order valence-corrected chi connectivity index (χ1v) is 11.7. The number of carbonyl (C=O) groups excluding carboxylic acids is 1. The summed E-state index contributed by atoms with van der Waals surface area (Å²) < 4.78 is 11.2. The van der Waals surface area contributed by atoms with E-state index in [9.17, 15) is 4.79 Å². The fourth-order valence-corrected chi connectivity index (χ4v) is 5.33. The average molecular weight is 393 g/mol. The van der Waals surface area contributed by atoms with Crippen molar-refractivity contribution in [3.05, 3.63) is 12.3 Å². The maximum atomic E-state index is 12.0. The average Bonchev–Trinajstić information content (AvgIpc) is 3.16. The topological polar surface area (TPSA) is 35.5 Å². The van der Waals surface area contributed by atoms with Crippen molar-refractivity contribution in [3.8, 4) is 0 Å². The van der Waals surface area contributed by atoms with E-state index < -0.39 is 0 Å². The van der Waals surface area contributed by atoms with Crippen molar-refractivity contribution in [3.63, 3.8) is 0 Å². The van der Waals surface area contributed by atoms with Gasteiger partial charge in [-0.3, -0.25) is 4.79 Å². The Bertz CT molecular complexity index is 468. The van der Waals surface area contributed by atoms with Crippen molar-refractivity contribution < 1.29 is 14.3 Å². The number of unbranched alkanes of at least 4 members (excludes halogenated alkanes) is 1. The minimum atomic E-state index is -0.0369. The van der Waals surface area contributed by atoms with Crippen LogP contribution in [0.5, 0.6) is 0 Å². The second-order valence-electron chi connectivity index (χ2n) is 10.6. The lowest BCUT2D eigenvalue weighted by molar-refractivity contribution is -0.144. The number of esters is 1. The fourth-order valence-electron chi connectivity index (χ4n) is 5.33. The summed E-state index contributed by atoms with van der Waals surface area (Å²) in [5, 5.41) is 0. The molecule has 2 aliphatic carbocycles. The van der Waals surface area contributed by atoms with E-state index in [0.717, 1.165) is 43.3 Å². The Balaban J connectivity index is 1.44. The molecule has 0 aromatic heterocycles. The normalized spacial score (nSPS) is 32.4. The number of ether oxygens (including phenoxy) is 2. The minimum absolute atomic E-state index is 0.0369. The molecule has 3 nitrogen and oxygen atoms in total. The molecule has 0 saturated heterocycles. The Hall–Kier alpha value is -0.990. The van der Waals surface area contributed by atoms with Crippen LogP contribution in [0.4, 0.5) is 0 Å². The van der Waals surface area contributed by atoms with Gasteiger partial charge in [0.25, 0.3) is 0 Å². The minimum Gasteiger partial charge on any atom is -0.499 e. The third-order valence-electron chi connectivity index (χ3n) is 7.21. The molecular weight excluding hydrogens is 348 g/mol. The zero-order valence-electron chi connectivity index (χ0n) is 19.0. The highest BCUT2D eigenvalue weighted by Crippen LogP contribution is 2.45. The Morgan fingerprint density at radius 1 is 0.893 bits per heavy atom. The van der Waals surface area contributed by atoms with Crippen molar-refractivity contribution in [2.45, 2.75) is 105 Å². The van der Waals surface area contributed by atoms with E-state index in [1.807, 2.05) is 0 Å². The largest absolute Gasteiger partial charge is 0.499 e. The molecule has 2 rings (SSSR count). The molecule has 0 amide bonds. The Morgan fingerprint density at radius 2 is 1.39 bits per heavy atom. The lowest BCUT2D eigenvalue weighted by Crippen LogP contribution is -2.15. The molecule has 2 aliphatic rings. The Morgan fingerprint density at radius 3 is 1.89 bits per heavy atom. The highest BCUT2D eigenvalue weighted by molar-refractivity contribution is 5.69. The summed E-state index contributed by atoms with van der Waals surface area (Å²) in [6.45, 7) is 14.7. The van der Waals surface area contributed by atoms with Gasteiger partial charge < -0.3 is 9.47 Å². The molecule has 0 N–H and O–H groups in total. The van der Waals surface area contributed by atoms with Gasteiger partial charge in [0.05, 0.1) is 19.0 Å². The predicted molar refractivity (Wildman–Crippen MR) is 116 cm³/mol. The van der Waals surface area contributed by atoms with E-state index in [4.69, 9.17) is 9.47 Å². The fraction of sp³-hybridized carbons (Fsp3) is 0.880. The molecule has 0 aliphatic heterocycles. The monoisotopic (exact) mass is 392 g/mol. The van der Waals surface area contributed by atoms with Gasteiger partial charge in [0.1, 0.15) is 0 Å². The van der Waals surface area contributed by atoms with Crippen LogP contribution in [-0.2, 0) is 14.3 Å². The van der Waals surface area contributed by atoms with E-state index in [2.05, 4.69) is 34.3 Å². The zero-order chi connectivity index (χ0) is 20.6. The first-order chi connectivity index (χ1) is 13.2. The van der Waals surface area contributed by atoms with E-state index in [0.29, 0.717) is 30.5 Å². The van der Waals surface area contributed by atoms with Gasteiger partial charge in [0.2, 0.25) is 0 Å². The van der Waals surface area contributed by atoms with E-state index in [1.54, 1.807) is 0 Å². The zero-order valence-corrected chi connectivity index (χ0v) is 19.0. The molecule has 0 aromatic rings. The van der Waals surface area contributed by atoms with Crippen molar-refractivity contribution in [1.29, 1.82) is 0 Å². The van der Waals surface area contributed by atoms with Crippen LogP contribution in [0.25, 0.3) is 0 Å². The van der Waals surface area contributed by atoms with Gasteiger partial charge in [-0.05, 0) is 74.0 Å². The molecule has 0 radical (unpaired) electrons. The molecule has 4 atom stereocenters. The molecule has 4 unspecified atom stereocenters. The van der Waals surface area contributed by atoms with Crippen LogP contribution in [0.2, 0.25) is 0 Å². The smallest absolute Gasteiger partial charge is 0.305 e. The van der Waals surface area contributed by atoms with Gasteiger partial charge in [0, 0.05) is 12.8 Å². The van der Waals surface area contributed by atoms with Gasteiger partial charge in [0.15, 0.2) is 0 Å². The molecule has 162 valence electrons. The highest BCUT2D eigenvalue weighted by Gasteiger charge is 2.33. The molecule has 3 heteroatoms. The second-order valence-corrected chi connectivity index (χ2v) is 10.6. The van der Waals surface area contributed by atoms with Crippen molar-refractivity contribution in [2.75, 3.05) is 13.2 Å². The number of allylic oxidation sites excluding steroid dienone is 1. The van der Waals surface area contributed by atoms with E-state index in [1.165, 1.54) is 44.9 Å². The van der Waals surface area contributed by atoms with Gasteiger partial charge in [-0.15, -0.1) is 0 Å². The summed E-state index contributed by atoms with van der Waals surface area (Å²) >= 11 is 0. The third-order valence-corrected chi connectivity index (χ3v) is 7.21. The summed E-state index contributed by atoms with van der Waals surface area (Å²) in [5.41, 5.74) is 0.827. The van der Waals surface area contributed by atoms with Gasteiger partial charge >= 0.3 is 5.97 Å². The van der Waals surface area contributed by atoms with Crippen LogP contribution in [-0.4, -0.2) is 19.2 Å². The molecule has 2 saturated carbocycles. The molecular formula is C25H44O3. The number of rotatable bonds is 12. The van der Waals surface area contributed by atoms with Gasteiger partial charge in [-0.25, -0.2) is 0 Å². The highest BCUT2D eigenvalue weighted by atomic mass is 16.5. The lowest BCUT2D eigenvalue weighted by Gasteiger charge is -2.24. The van der Waals surface area contributed by atoms with Crippen LogP contribution in [0, 0.1) is 22.7 Å². The summed E-state index contributed by atoms with van der Waals surface area (Å²) in [6, 6.07) is 0. The van der Waals surface area contributed by atoms with Gasteiger partial charge in [-0.2, -0.15) is 0 Å². The summed E-state index contributed by atoms with van der Waals surface area (Å²) in [4.78, 5) is 12.0. The number of carbonyl (C=O) groups is 1. The second kappa shape index (κ2) is 10.7. The Kier molecular flexibility index (Phi) is 8.89. The first kappa shape index (κ1) is 23.3. The third kappa shape index (κ3) is 8.17. The maximum absolute atomic E-state index is 12.0. The van der Waals surface area contributed by atoms with Crippen LogP contribution >= 0.6 is 0 Å². The lowest BCUT2D eigenvalue weighted by atomic mass is 9.83. The Labute approximate surface area is 173 Å². The van der Waals surface area contributed by atoms with Crippen LogP contribution < -0.4 is 0 Å².